The molecule has 3 N–H and O–H groups in total. The zero-order chi connectivity index (χ0) is 10.2. The Morgan fingerprint density at radius 2 is 2.00 bits per heavy atom. The Morgan fingerprint density at radius 3 is 2.29 bits per heavy atom. The average molecular weight is 197 g/mol. The molecule has 1 aliphatic heterocycles. The number of hydrogen-bond donors (Lipinski definition) is 2. The van der Waals surface area contributed by atoms with Crippen LogP contribution in [0.15, 0.2) is 5.16 Å². The second-order valence-electron chi connectivity index (χ2n) is 4.07. The fraction of sp³-hybridized carbons (Fsp3) is 0.778. The molecule has 2 aliphatic rings. The SMILES string of the molecule is N/C(=N\O)C1(C(=O)N2CCC2)CCC1. The highest BCUT2D eigenvalue weighted by atomic mass is 16.4. The van der Waals surface area contributed by atoms with Crippen LogP contribution in [0.2, 0.25) is 0 Å². The summed E-state index contributed by atoms with van der Waals surface area (Å²) in [6, 6.07) is 0. The van der Waals surface area contributed by atoms with Gasteiger partial charge in [-0.3, -0.25) is 4.79 Å². The fourth-order valence-corrected chi connectivity index (χ4v) is 2.03. The Labute approximate surface area is 82.6 Å². The summed E-state index contributed by atoms with van der Waals surface area (Å²) < 4.78 is 0. The van der Waals surface area contributed by atoms with Gasteiger partial charge in [-0.1, -0.05) is 11.6 Å². The molecule has 1 amide bonds. The molecule has 0 aromatic rings. The molecule has 1 saturated heterocycles. The number of rotatable bonds is 2. The lowest BCUT2D eigenvalue weighted by molar-refractivity contribution is -0.145. The molecule has 0 unspecified atom stereocenters. The van der Waals surface area contributed by atoms with Crippen LogP contribution in [-0.4, -0.2) is 34.9 Å². The lowest BCUT2D eigenvalue weighted by atomic mass is 9.66. The maximum atomic E-state index is 12.0. The molecule has 0 radical (unpaired) electrons. The van der Waals surface area contributed by atoms with Gasteiger partial charge < -0.3 is 15.8 Å². The number of amides is 1. The number of likely N-dealkylation sites (tertiary alicyclic amines) is 1. The third-order valence-corrected chi connectivity index (χ3v) is 3.36. The molecule has 0 bridgehead atoms. The number of carbonyl (C=O) groups is 1. The van der Waals surface area contributed by atoms with Crippen LogP contribution in [0.25, 0.3) is 0 Å². The Bertz CT molecular complexity index is 280. The van der Waals surface area contributed by atoms with E-state index in [0.717, 1.165) is 38.8 Å². The van der Waals surface area contributed by atoms with E-state index in [9.17, 15) is 4.79 Å². The molecular formula is C9H15N3O2. The lowest BCUT2D eigenvalue weighted by Crippen LogP contribution is -2.58. The van der Waals surface area contributed by atoms with Gasteiger partial charge in [0.15, 0.2) is 5.84 Å². The van der Waals surface area contributed by atoms with E-state index in [2.05, 4.69) is 5.16 Å². The Morgan fingerprint density at radius 1 is 1.36 bits per heavy atom. The first-order chi connectivity index (χ1) is 6.70. The molecule has 0 atom stereocenters. The van der Waals surface area contributed by atoms with Crippen LogP contribution in [0.3, 0.4) is 0 Å². The zero-order valence-corrected chi connectivity index (χ0v) is 8.07. The number of oxime groups is 1. The van der Waals surface area contributed by atoms with E-state index in [1.165, 1.54) is 0 Å². The van der Waals surface area contributed by atoms with Gasteiger partial charge in [0.05, 0.1) is 0 Å². The third kappa shape index (κ3) is 1.08. The molecule has 0 aromatic carbocycles. The molecule has 0 spiro atoms. The van der Waals surface area contributed by atoms with Crippen LogP contribution < -0.4 is 5.73 Å². The second-order valence-corrected chi connectivity index (χ2v) is 4.07. The van der Waals surface area contributed by atoms with Crippen molar-refractivity contribution in [3.63, 3.8) is 0 Å². The van der Waals surface area contributed by atoms with Crippen LogP contribution in [0, 0.1) is 5.41 Å². The Kier molecular flexibility index (Phi) is 2.09. The monoisotopic (exact) mass is 197 g/mol. The molecule has 5 nitrogen and oxygen atoms in total. The molecule has 5 heteroatoms. The van der Waals surface area contributed by atoms with E-state index >= 15 is 0 Å². The third-order valence-electron chi connectivity index (χ3n) is 3.36. The van der Waals surface area contributed by atoms with Crippen molar-refractivity contribution in [1.29, 1.82) is 0 Å². The minimum Gasteiger partial charge on any atom is -0.409 e. The van der Waals surface area contributed by atoms with Crippen LogP contribution in [0.4, 0.5) is 0 Å². The Balaban J connectivity index is 2.15. The van der Waals surface area contributed by atoms with Gasteiger partial charge in [-0.2, -0.15) is 0 Å². The quantitative estimate of drug-likeness (QED) is 0.286. The number of carbonyl (C=O) groups excluding carboxylic acids is 1. The molecule has 2 fully saturated rings. The summed E-state index contributed by atoms with van der Waals surface area (Å²) in [5.41, 5.74) is 4.91. The van der Waals surface area contributed by atoms with E-state index < -0.39 is 5.41 Å². The maximum Gasteiger partial charge on any atom is 0.236 e. The number of nitrogens with two attached hydrogens (primary N) is 1. The molecule has 78 valence electrons. The highest BCUT2D eigenvalue weighted by Crippen LogP contribution is 2.43. The zero-order valence-electron chi connectivity index (χ0n) is 8.07. The summed E-state index contributed by atoms with van der Waals surface area (Å²) in [5, 5.41) is 11.6. The van der Waals surface area contributed by atoms with Crippen LogP contribution in [-0.2, 0) is 4.79 Å². The van der Waals surface area contributed by atoms with Gasteiger partial charge in [-0.25, -0.2) is 0 Å². The largest absolute Gasteiger partial charge is 0.409 e. The summed E-state index contributed by atoms with van der Waals surface area (Å²) in [6.07, 6.45) is 3.49. The maximum absolute atomic E-state index is 12.0. The standard InChI is InChI=1S/C9H15N3O2/c10-7(11-14)9(3-1-4-9)8(13)12-5-2-6-12/h14H,1-6H2,(H2,10,11). The normalized spacial score (nSPS) is 25.1. The summed E-state index contributed by atoms with van der Waals surface area (Å²) >= 11 is 0. The minimum atomic E-state index is -0.671. The lowest BCUT2D eigenvalue weighted by Gasteiger charge is -2.45. The van der Waals surface area contributed by atoms with E-state index in [-0.39, 0.29) is 11.7 Å². The first kappa shape index (κ1) is 9.30. The van der Waals surface area contributed by atoms with E-state index in [4.69, 9.17) is 10.9 Å². The van der Waals surface area contributed by atoms with E-state index in [1.54, 1.807) is 4.90 Å². The summed E-state index contributed by atoms with van der Waals surface area (Å²) in [7, 11) is 0. The van der Waals surface area contributed by atoms with Crippen LogP contribution >= 0.6 is 0 Å². The van der Waals surface area contributed by atoms with Crippen molar-refractivity contribution in [1.82, 2.24) is 4.90 Å². The molecule has 1 heterocycles. The molecule has 1 aliphatic carbocycles. The van der Waals surface area contributed by atoms with Crippen molar-refractivity contribution in [3.8, 4) is 0 Å². The average Bonchev–Trinajstić information content (AvgIpc) is 1.98. The summed E-state index contributed by atoms with van der Waals surface area (Å²) in [5.74, 6) is 0.131. The molecule has 14 heavy (non-hydrogen) atoms. The smallest absolute Gasteiger partial charge is 0.236 e. The summed E-state index contributed by atoms with van der Waals surface area (Å²) in [6.45, 7) is 1.64. The first-order valence-electron chi connectivity index (χ1n) is 4.98. The predicted octanol–water partition coefficient (Wildman–Crippen LogP) is 0.135. The van der Waals surface area contributed by atoms with E-state index in [1.807, 2.05) is 0 Å². The van der Waals surface area contributed by atoms with Crippen molar-refractivity contribution >= 4 is 11.7 Å². The molecular weight excluding hydrogens is 182 g/mol. The molecule has 1 saturated carbocycles. The van der Waals surface area contributed by atoms with Crippen LogP contribution in [0.1, 0.15) is 25.7 Å². The number of amidine groups is 1. The predicted molar refractivity (Wildman–Crippen MR) is 50.9 cm³/mol. The van der Waals surface area contributed by atoms with Crippen molar-refractivity contribution in [3.05, 3.63) is 0 Å². The summed E-state index contributed by atoms with van der Waals surface area (Å²) in [4.78, 5) is 13.8. The van der Waals surface area contributed by atoms with Gasteiger partial charge in [-0.05, 0) is 19.3 Å². The fourth-order valence-electron chi connectivity index (χ4n) is 2.03. The minimum absolute atomic E-state index is 0.0466. The van der Waals surface area contributed by atoms with Gasteiger partial charge in [0.1, 0.15) is 5.41 Å². The Hall–Kier alpha value is -1.26. The van der Waals surface area contributed by atoms with Gasteiger partial charge in [0.25, 0.3) is 0 Å². The second kappa shape index (κ2) is 3.15. The van der Waals surface area contributed by atoms with Crippen molar-refractivity contribution in [2.24, 2.45) is 16.3 Å². The number of hydrogen-bond acceptors (Lipinski definition) is 3. The van der Waals surface area contributed by atoms with Gasteiger partial charge in [0.2, 0.25) is 5.91 Å². The first-order valence-corrected chi connectivity index (χ1v) is 4.98. The van der Waals surface area contributed by atoms with Gasteiger partial charge in [0, 0.05) is 13.1 Å². The highest BCUT2D eigenvalue weighted by Gasteiger charge is 2.50. The topological polar surface area (TPSA) is 78.9 Å². The highest BCUT2D eigenvalue weighted by molar-refractivity contribution is 6.07. The van der Waals surface area contributed by atoms with Gasteiger partial charge in [-0.15, -0.1) is 0 Å². The molecule has 2 rings (SSSR count). The molecule has 0 aromatic heterocycles. The van der Waals surface area contributed by atoms with Crippen molar-refractivity contribution < 1.29 is 10.0 Å². The van der Waals surface area contributed by atoms with Gasteiger partial charge >= 0.3 is 0 Å². The van der Waals surface area contributed by atoms with E-state index in [0.29, 0.717) is 0 Å². The van der Waals surface area contributed by atoms with Crippen LogP contribution in [0.5, 0.6) is 0 Å². The van der Waals surface area contributed by atoms with Crippen molar-refractivity contribution in [2.75, 3.05) is 13.1 Å². The number of nitrogens with zero attached hydrogens (tertiary/aromatic N) is 2. The van der Waals surface area contributed by atoms with Crippen molar-refractivity contribution in [2.45, 2.75) is 25.7 Å².